The summed E-state index contributed by atoms with van der Waals surface area (Å²) in [6, 6.07) is 9.78. The van der Waals surface area contributed by atoms with Gasteiger partial charge in [-0.2, -0.15) is 0 Å². The van der Waals surface area contributed by atoms with Crippen molar-refractivity contribution >= 4 is 22.6 Å². The highest BCUT2D eigenvalue weighted by Crippen LogP contribution is 2.29. The standard InChI is InChI=1S/C13H9ClN2O2/c14-9-5-7(1-4-12(9)18)13-15-10-3-2-8(17)6-11(10)16-13/h1-6,17-18H,(H,15,16). The number of phenols is 2. The summed E-state index contributed by atoms with van der Waals surface area (Å²) in [4.78, 5) is 7.48. The summed E-state index contributed by atoms with van der Waals surface area (Å²) in [5.74, 6) is 0.855. The van der Waals surface area contributed by atoms with Crippen molar-refractivity contribution in [2.24, 2.45) is 0 Å². The van der Waals surface area contributed by atoms with Gasteiger partial charge in [0.1, 0.15) is 17.3 Å². The Balaban J connectivity index is 2.16. The second kappa shape index (κ2) is 3.92. The number of imidazole rings is 1. The van der Waals surface area contributed by atoms with Gasteiger partial charge in [0, 0.05) is 11.6 Å². The fourth-order valence-electron chi connectivity index (χ4n) is 1.79. The molecule has 5 heteroatoms. The van der Waals surface area contributed by atoms with Crippen LogP contribution in [-0.4, -0.2) is 20.2 Å². The maximum Gasteiger partial charge on any atom is 0.138 e. The highest BCUT2D eigenvalue weighted by Gasteiger charge is 2.07. The van der Waals surface area contributed by atoms with Crippen LogP contribution in [0.15, 0.2) is 36.4 Å². The van der Waals surface area contributed by atoms with Crippen molar-refractivity contribution in [1.29, 1.82) is 0 Å². The summed E-state index contributed by atoms with van der Waals surface area (Å²) in [5.41, 5.74) is 2.27. The van der Waals surface area contributed by atoms with Crippen LogP contribution in [0.3, 0.4) is 0 Å². The number of aromatic hydroxyl groups is 2. The van der Waals surface area contributed by atoms with Crippen molar-refractivity contribution in [3.05, 3.63) is 41.4 Å². The first-order chi connectivity index (χ1) is 8.63. The Morgan fingerprint density at radius 3 is 2.67 bits per heavy atom. The van der Waals surface area contributed by atoms with Gasteiger partial charge in [0.25, 0.3) is 0 Å². The van der Waals surface area contributed by atoms with Crippen molar-refractivity contribution in [3.8, 4) is 22.9 Å². The third kappa shape index (κ3) is 1.76. The smallest absolute Gasteiger partial charge is 0.138 e. The molecule has 3 aromatic rings. The number of hydrogen-bond donors (Lipinski definition) is 3. The molecule has 0 unspecified atom stereocenters. The summed E-state index contributed by atoms with van der Waals surface area (Å²) in [7, 11) is 0. The van der Waals surface area contributed by atoms with E-state index in [1.807, 2.05) is 0 Å². The Morgan fingerprint density at radius 1 is 1.06 bits per heavy atom. The fourth-order valence-corrected chi connectivity index (χ4v) is 1.97. The quantitative estimate of drug-likeness (QED) is 0.629. The predicted molar refractivity (Wildman–Crippen MR) is 69.9 cm³/mol. The van der Waals surface area contributed by atoms with Gasteiger partial charge in [-0.1, -0.05) is 11.6 Å². The molecule has 0 spiro atoms. The number of benzene rings is 2. The van der Waals surface area contributed by atoms with Gasteiger partial charge in [0.05, 0.1) is 16.1 Å². The molecule has 4 nitrogen and oxygen atoms in total. The second-order valence-electron chi connectivity index (χ2n) is 3.95. The largest absolute Gasteiger partial charge is 0.508 e. The van der Waals surface area contributed by atoms with E-state index < -0.39 is 0 Å². The van der Waals surface area contributed by atoms with Crippen molar-refractivity contribution in [2.75, 3.05) is 0 Å². The van der Waals surface area contributed by atoms with Crippen LogP contribution in [0.25, 0.3) is 22.4 Å². The Labute approximate surface area is 107 Å². The number of hydrogen-bond acceptors (Lipinski definition) is 3. The second-order valence-corrected chi connectivity index (χ2v) is 4.36. The molecular formula is C13H9ClN2O2. The van der Waals surface area contributed by atoms with E-state index in [4.69, 9.17) is 11.6 Å². The predicted octanol–water partition coefficient (Wildman–Crippen LogP) is 3.29. The lowest BCUT2D eigenvalue weighted by Gasteiger charge is -1.99. The Morgan fingerprint density at radius 2 is 1.89 bits per heavy atom. The number of halogens is 1. The number of nitrogens with one attached hydrogen (secondary N) is 1. The Hall–Kier alpha value is -2.20. The molecule has 0 aliphatic heterocycles. The van der Waals surface area contributed by atoms with Crippen LogP contribution in [0, 0.1) is 0 Å². The minimum absolute atomic E-state index is 0.0363. The van der Waals surface area contributed by atoms with E-state index in [-0.39, 0.29) is 16.5 Å². The van der Waals surface area contributed by atoms with Gasteiger partial charge in [-0.3, -0.25) is 0 Å². The SMILES string of the molecule is Oc1ccc2nc(-c3ccc(O)c(Cl)c3)[nH]c2c1. The minimum atomic E-state index is 0.0363. The molecule has 18 heavy (non-hydrogen) atoms. The van der Waals surface area contributed by atoms with E-state index in [1.165, 1.54) is 6.07 Å². The molecule has 3 rings (SSSR count). The van der Waals surface area contributed by atoms with Gasteiger partial charge < -0.3 is 15.2 Å². The van der Waals surface area contributed by atoms with E-state index in [0.717, 1.165) is 16.6 Å². The molecule has 0 amide bonds. The summed E-state index contributed by atoms with van der Waals surface area (Å²) in [5, 5.41) is 19.0. The van der Waals surface area contributed by atoms with E-state index in [1.54, 1.807) is 30.3 Å². The highest BCUT2D eigenvalue weighted by molar-refractivity contribution is 6.32. The minimum Gasteiger partial charge on any atom is -0.508 e. The van der Waals surface area contributed by atoms with Gasteiger partial charge in [-0.05, 0) is 30.3 Å². The molecule has 2 aromatic carbocycles. The third-order valence-corrected chi connectivity index (χ3v) is 2.99. The molecular weight excluding hydrogens is 252 g/mol. The number of phenolic OH excluding ortho intramolecular Hbond substituents is 2. The van der Waals surface area contributed by atoms with Gasteiger partial charge in [0.2, 0.25) is 0 Å². The van der Waals surface area contributed by atoms with Crippen LogP contribution in [0.1, 0.15) is 0 Å². The van der Waals surface area contributed by atoms with E-state index in [2.05, 4.69) is 9.97 Å². The fraction of sp³-hybridized carbons (Fsp3) is 0. The number of aromatic nitrogens is 2. The van der Waals surface area contributed by atoms with Gasteiger partial charge >= 0.3 is 0 Å². The Bertz CT molecular complexity index is 737. The number of nitrogens with zero attached hydrogens (tertiary/aromatic N) is 1. The molecule has 0 aliphatic carbocycles. The Kier molecular flexibility index (Phi) is 2.38. The van der Waals surface area contributed by atoms with E-state index in [0.29, 0.717) is 5.82 Å². The van der Waals surface area contributed by atoms with Crippen LogP contribution >= 0.6 is 11.6 Å². The monoisotopic (exact) mass is 260 g/mol. The van der Waals surface area contributed by atoms with Crippen LogP contribution < -0.4 is 0 Å². The lowest BCUT2D eigenvalue weighted by atomic mass is 10.2. The zero-order valence-electron chi connectivity index (χ0n) is 9.18. The third-order valence-electron chi connectivity index (χ3n) is 2.69. The summed E-state index contributed by atoms with van der Waals surface area (Å²) in [6.45, 7) is 0. The topological polar surface area (TPSA) is 69.1 Å². The van der Waals surface area contributed by atoms with Crippen molar-refractivity contribution in [2.45, 2.75) is 0 Å². The molecule has 90 valence electrons. The average molecular weight is 261 g/mol. The molecule has 0 saturated heterocycles. The van der Waals surface area contributed by atoms with Crippen LogP contribution in [0.5, 0.6) is 11.5 Å². The molecule has 0 fully saturated rings. The number of fused-ring (bicyclic) bond motifs is 1. The normalized spacial score (nSPS) is 10.9. The first-order valence-corrected chi connectivity index (χ1v) is 5.69. The molecule has 0 atom stereocenters. The van der Waals surface area contributed by atoms with Gasteiger partial charge in [-0.25, -0.2) is 4.98 Å². The van der Waals surface area contributed by atoms with Crippen molar-refractivity contribution in [1.82, 2.24) is 9.97 Å². The van der Waals surface area contributed by atoms with E-state index >= 15 is 0 Å². The number of rotatable bonds is 1. The summed E-state index contributed by atoms with van der Waals surface area (Å²) in [6.07, 6.45) is 0. The van der Waals surface area contributed by atoms with Crippen molar-refractivity contribution < 1.29 is 10.2 Å². The number of aromatic amines is 1. The van der Waals surface area contributed by atoms with E-state index in [9.17, 15) is 10.2 Å². The zero-order chi connectivity index (χ0) is 12.7. The van der Waals surface area contributed by atoms with Crippen LogP contribution in [0.4, 0.5) is 0 Å². The van der Waals surface area contributed by atoms with Gasteiger partial charge in [-0.15, -0.1) is 0 Å². The number of H-pyrrole nitrogens is 1. The molecule has 1 aromatic heterocycles. The first kappa shape index (κ1) is 10.9. The highest BCUT2D eigenvalue weighted by atomic mass is 35.5. The average Bonchev–Trinajstić information content (AvgIpc) is 2.75. The maximum absolute atomic E-state index is 9.39. The molecule has 0 radical (unpaired) electrons. The summed E-state index contributed by atoms with van der Waals surface area (Å²) >= 11 is 5.86. The van der Waals surface area contributed by atoms with Gasteiger partial charge in [0.15, 0.2) is 0 Å². The summed E-state index contributed by atoms with van der Waals surface area (Å²) < 4.78 is 0. The lowest BCUT2D eigenvalue weighted by Crippen LogP contribution is -1.80. The molecule has 0 saturated carbocycles. The lowest BCUT2D eigenvalue weighted by molar-refractivity contribution is 0.475. The van der Waals surface area contributed by atoms with Crippen LogP contribution in [0.2, 0.25) is 5.02 Å². The molecule has 3 N–H and O–H groups in total. The molecule has 0 bridgehead atoms. The first-order valence-electron chi connectivity index (χ1n) is 5.31. The zero-order valence-corrected chi connectivity index (χ0v) is 9.94. The van der Waals surface area contributed by atoms with Crippen molar-refractivity contribution in [3.63, 3.8) is 0 Å². The maximum atomic E-state index is 9.39. The molecule has 0 aliphatic rings. The van der Waals surface area contributed by atoms with Crippen LogP contribution in [-0.2, 0) is 0 Å². The molecule has 1 heterocycles.